The van der Waals surface area contributed by atoms with Gasteiger partial charge in [0, 0.05) is 20.4 Å². The monoisotopic (exact) mass is 278 g/mol. The molecule has 0 aromatic heterocycles. The highest BCUT2D eigenvalue weighted by Crippen LogP contribution is 2.26. The zero-order valence-electron chi connectivity index (χ0n) is 12.5. The lowest BCUT2D eigenvalue weighted by molar-refractivity contribution is -0.122. The van der Waals surface area contributed by atoms with Crippen molar-refractivity contribution in [2.75, 3.05) is 32.3 Å². The molecule has 20 heavy (non-hydrogen) atoms. The van der Waals surface area contributed by atoms with Gasteiger partial charge in [-0.25, -0.2) is 0 Å². The van der Waals surface area contributed by atoms with Gasteiger partial charge in [0.25, 0.3) is 5.91 Å². The molecule has 0 heterocycles. The first kappa shape index (κ1) is 16.3. The van der Waals surface area contributed by atoms with Crippen molar-refractivity contribution in [1.29, 1.82) is 5.41 Å². The van der Waals surface area contributed by atoms with Crippen LogP contribution in [0.3, 0.4) is 0 Å². The highest BCUT2D eigenvalue weighted by atomic mass is 16.5. The Morgan fingerprint density at radius 2 is 1.90 bits per heavy atom. The molecular formula is C15H22N2O3. The van der Waals surface area contributed by atoms with Crippen molar-refractivity contribution in [3.63, 3.8) is 0 Å². The minimum absolute atomic E-state index is 0.0260. The number of hydrogen-bond donors (Lipinski definition) is 1. The molecule has 0 fully saturated rings. The number of carbonyl (C=O) groups excluding carboxylic acids is 1. The molecule has 0 aliphatic rings. The van der Waals surface area contributed by atoms with Crippen LogP contribution in [-0.2, 0) is 14.3 Å². The average Bonchev–Trinajstić information content (AvgIpc) is 2.41. The number of benzene rings is 1. The van der Waals surface area contributed by atoms with Crippen LogP contribution in [0.5, 0.6) is 0 Å². The van der Waals surface area contributed by atoms with Gasteiger partial charge in [-0.05, 0) is 25.0 Å². The van der Waals surface area contributed by atoms with Gasteiger partial charge in [0.05, 0.1) is 18.3 Å². The van der Waals surface area contributed by atoms with Crippen LogP contribution in [0, 0.1) is 19.3 Å². The van der Waals surface area contributed by atoms with E-state index < -0.39 is 6.04 Å². The number of aryl methyl sites for hydroxylation is 2. The molecule has 0 saturated heterocycles. The van der Waals surface area contributed by atoms with Gasteiger partial charge < -0.3 is 14.9 Å². The SMILES string of the molecule is COCC(=O)N(c1c(C)cccc1C)C(C=N)COC. The first-order valence-electron chi connectivity index (χ1n) is 6.43. The van der Waals surface area contributed by atoms with Crippen LogP contribution in [-0.4, -0.2) is 45.6 Å². The van der Waals surface area contributed by atoms with Crippen LogP contribution in [0.4, 0.5) is 5.69 Å². The van der Waals surface area contributed by atoms with Gasteiger partial charge in [0.2, 0.25) is 0 Å². The Balaban J connectivity index is 3.29. The van der Waals surface area contributed by atoms with Crippen LogP contribution in [0.2, 0.25) is 0 Å². The molecule has 1 aromatic rings. The van der Waals surface area contributed by atoms with Crippen LogP contribution in [0.15, 0.2) is 18.2 Å². The minimum Gasteiger partial charge on any atom is -0.382 e. The third-order valence-corrected chi connectivity index (χ3v) is 3.08. The zero-order valence-corrected chi connectivity index (χ0v) is 12.5. The van der Waals surface area contributed by atoms with Gasteiger partial charge in [0.1, 0.15) is 6.61 Å². The second-order valence-corrected chi connectivity index (χ2v) is 4.63. The van der Waals surface area contributed by atoms with Gasteiger partial charge in [-0.2, -0.15) is 0 Å². The van der Waals surface area contributed by atoms with E-state index in [0.29, 0.717) is 0 Å². The number of nitrogens with one attached hydrogen (secondary N) is 1. The van der Waals surface area contributed by atoms with Gasteiger partial charge in [-0.15, -0.1) is 0 Å². The molecule has 0 spiro atoms. The van der Waals surface area contributed by atoms with E-state index in [-0.39, 0.29) is 19.1 Å². The standard InChI is InChI=1S/C15H22N2O3/c1-11-6-5-7-12(2)15(11)17(14(18)10-20-4)13(8-16)9-19-3/h5-8,13,16H,9-10H2,1-4H3. The molecule has 0 bridgehead atoms. The molecule has 0 aliphatic carbocycles. The van der Waals surface area contributed by atoms with Crippen molar-refractivity contribution >= 4 is 17.8 Å². The molecule has 110 valence electrons. The Morgan fingerprint density at radius 1 is 1.30 bits per heavy atom. The summed E-state index contributed by atoms with van der Waals surface area (Å²) in [6.07, 6.45) is 1.23. The predicted molar refractivity (Wildman–Crippen MR) is 79.7 cm³/mol. The maximum Gasteiger partial charge on any atom is 0.253 e. The number of para-hydroxylation sites is 1. The average molecular weight is 278 g/mol. The maximum absolute atomic E-state index is 12.4. The minimum atomic E-state index is -0.442. The van der Waals surface area contributed by atoms with Crippen LogP contribution in [0.1, 0.15) is 11.1 Å². The highest BCUT2D eigenvalue weighted by molar-refractivity contribution is 5.99. The lowest BCUT2D eigenvalue weighted by Gasteiger charge is -2.31. The second-order valence-electron chi connectivity index (χ2n) is 4.63. The van der Waals surface area contributed by atoms with E-state index >= 15 is 0 Å². The number of ether oxygens (including phenoxy) is 2. The number of hydrogen-bond acceptors (Lipinski definition) is 4. The molecule has 1 unspecified atom stereocenters. The number of rotatable bonds is 7. The first-order valence-corrected chi connectivity index (χ1v) is 6.43. The normalized spacial score (nSPS) is 12.0. The van der Waals surface area contributed by atoms with Crippen molar-refractivity contribution < 1.29 is 14.3 Å². The second kappa shape index (κ2) is 7.77. The number of anilines is 1. The number of amides is 1. The summed E-state index contributed by atoms with van der Waals surface area (Å²) in [5, 5.41) is 7.57. The predicted octanol–water partition coefficient (Wildman–Crippen LogP) is 1.95. The molecule has 5 heteroatoms. The van der Waals surface area contributed by atoms with E-state index in [4.69, 9.17) is 14.9 Å². The lowest BCUT2D eigenvalue weighted by atomic mass is 10.1. The van der Waals surface area contributed by atoms with Crippen molar-refractivity contribution in [3.8, 4) is 0 Å². The third-order valence-electron chi connectivity index (χ3n) is 3.08. The molecular weight excluding hydrogens is 256 g/mol. The number of carbonyl (C=O) groups is 1. The smallest absolute Gasteiger partial charge is 0.253 e. The Labute approximate surface area is 120 Å². The van der Waals surface area contributed by atoms with Crippen molar-refractivity contribution in [2.45, 2.75) is 19.9 Å². The molecule has 1 aromatic carbocycles. The van der Waals surface area contributed by atoms with Crippen LogP contribution in [0.25, 0.3) is 0 Å². The number of nitrogens with zero attached hydrogens (tertiary/aromatic N) is 1. The quantitative estimate of drug-likeness (QED) is 0.775. The van der Waals surface area contributed by atoms with E-state index in [1.54, 1.807) is 12.0 Å². The molecule has 0 saturated carbocycles. The fourth-order valence-corrected chi connectivity index (χ4v) is 2.22. The molecule has 1 atom stereocenters. The zero-order chi connectivity index (χ0) is 15.1. The Hall–Kier alpha value is -1.72. The van der Waals surface area contributed by atoms with E-state index in [9.17, 15) is 4.79 Å². The van der Waals surface area contributed by atoms with Crippen molar-refractivity contribution in [3.05, 3.63) is 29.3 Å². The molecule has 0 radical (unpaired) electrons. The Morgan fingerprint density at radius 3 is 2.35 bits per heavy atom. The van der Waals surface area contributed by atoms with Gasteiger partial charge in [-0.1, -0.05) is 18.2 Å². The first-order chi connectivity index (χ1) is 9.56. The summed E-state index contributed by atoms with van der Waals surface area (Å²) in [7, 11) is 3.04. The van der Waals surface area contributed by atoms with Crippen molar-refractivity contribution in [2.24, 2.45) is 0 Å². The van der Waals surface area contributed by atoms with E-state index in [1.807, 2.05) is 32.0 Å². The Kier molecular flexibility index (Phi) is 6.35. The van der Waals surface area contributed by atoms with Crippen LogP contribution >= 0.6 is 0 Å². The topological polar surface area (TPSA) is 62.6 Å². The molecule has 1 N–H and O–H groups in total. The number of methoxy groups -OCH3 is 2. The van der Waals surface area contributed by atoms with Gasteiger partial charge in [0.15, 0.2) is 0 Å². The summed E-state index contributed by atoms with van der Waals surface area (Å²) in [4.78, 5) is 14.0. The molecule has 5 nitrogen and oxygen atoms in total. The maximum atomic E-state index is 12.4. The van der Waals surface area contributed by atoms with Crippen LogP contribution < -0.4 is 4.90 Å². The summed E-state index contributed by atoms with van der Waals surface area (Å²) >= 11 is 0. The van der Waals surface area contributed by atoms with E-state index in [1.165, 1.54) is 13.3 Å². The lowest BCUT2D eigenvalue weighted by Crippen LogP contribution is -2.46. The highest BCUT2D eigenvalue weighted by Gasteiger charge is 2.26. The van der Waals surface area contributed by atoms with Gasteiger partial charge >= 0.3 is 0 Å². The summed E-state index contributed by atoms with van der Waals surface area (Å²) in [6.45, 7) is 4.14. The largest absolute Gasteiger partial charge is 0.382 e. The summed E-state index contributed by atoms with van der Waals surface area (Å²) in [5.74, 6) is -0.185. The summed E-state index contributed by atoms with van der Waals surface area (Å²) < 4.78 is 10.1. The van der Waals surface area contributed by atoms with Gasteiger partial charge in [-0.3, -0.25) is 9.69 Å². The van der Waals surface area contributed by atoms with Crippen molar-refractivity contribution in [1.82, 2.24) is 0 Å². The molecule has 0 aliphatic heterocycles. The molecule has 1 rings (SSSR count). The fourth-order valence-electron chi connectivity index (χ4n) is 2.22. The third kappa shape index (κ3) is 3.65. The van der Waals surface area contributed by atoms with E-state index in [2.05, 4.69) is 0 Å². The van der Waals surface area contributed by atoms with E-state index in [0.717, 1.165) is 16.8 Å². The molecule has 1 amide bonds. The fraction of sp³-hybridized carbons (Fsp3) is 0.467. The summed E-state index contributed by atoms with van der Waals surface area (Å²) in [5.41, 5.74) is 2.79. The summed E-state index contributed by atoms with van der Waals surface area (Å²) in [6, 6.07) is 5.40. The Bertz CT molecular complexity index is 454.